The smallest absolute Gasteiger partial charge is 0.167 e. The molecule has 0 bridgehead atoms. The second-order valence-corrected chi connectivity index (χ2v) is 4.89. The van der Waals surface area contributed by atoms with Crippen LogP contribution in [0.2, 0.25) is 0 Å². The molecule has 2 aromatic carbocycles. The van der Waals surface area contributed by atoms with Gasteiger partial charge in [-0.05, 0) is 30.2 Å². The fourth-order valence-electron chi connectivity index (χ4n) is 2.45. The molecule has 0 saturated carbocycles. The molecule has 4 heteroatoms. The van der Waals surface area contributed by atoms with Gasteiger partial charge in [0, 0.05) is 11.6 Å². The maximum atomic E-state index is 13.5. The lowest BCUT2D eigenvalue weighted by Gasteiger charge is -2.13. The number of halogens is 1. The van der Waals surface area contributed by atoms with Crippen molar-refractivity contribution >= 4 is 11.0 Å². The van der Waals surface area contributed by atoms with Crippen LogP contribution in [-0.2, 0) is 0 Å². The summed E-state index contributed by atoms with van der Waals surface area (Å²) in [7, 11) is 0. The van der Waals surface area contributed by atoms with E-state index in [0.29, 0.717) is 23.1 Å². The monoisotopic (exact) mass is 282 g/mol. The fraction of sp³-hybridized carbons (Fsp3) is 0.118. The van der Waals surface area contributed by atoms with Gasteiger partial charge in [-0.3, -0.25) is 0 Å². The summed E-state index contributed by atoms with van der Waals surface area (Å²) in [5.41, 5.74) is 9.15. The molecule has 0 aliphatic heterocycles. The highest BCUT2D eigenvalue weighted by atomic mass is 19.1. The van der Waals surface area contributed by atoms with Crippen molar-refractivity contribution in [2.75, 3.05) is 0 Å². The first kappa shape index (κ1) is 13.5. The van der Waals surface area contributed by atoms with Gasteiger partial charge in [-0.1, -0.05) is 35.5 Å². The van der Waals surface area contributed by atoms with Crippen LogP contribution in [0.3, 0.4) is 0 Å². The quantitative estimate of drug-likeness (QED) is 0.729. The van der Waals surface area contributed by atoms with E-state index in [1.165, 1.54) is 12.1 Å². The summed E-state index contributed by atoms with van der Waals surface area (Å²) in [6.45, 7) is 3.72. The first-order valence-corrected chi connectivity index (χ1v) is 6.71. The van der Waals surface area contributed by atoms with Crippen molar-refractivity contribution in [3.8, 4) is 11.3 Å². The van der Waals surface area contributed by atoms with Crippen molar-refractivity contribution < 1.29 is 8.91 Å². The predicted molar refractivity (Wildman–Crippen MR) is 81.1 cm³/mol. The predicted octanol–water partition coefficient (Wildman–Crippen LogP) is 4.21. The number of nitrogens with zero attached hydrogens (tertiary/aromatic N) is 1. The van der Waals surface area contributed by atoms with E-state index < -0.39 is 0 Å². The Labute approximate surface area is 121 Å². The van der Waals surface area contributed by atoms with Crippen molar-refractivity contribution in [2.45, 2.75) is 12.5 Å². The molecule has 3 nitrogen and oxygen atoms in total. The lowest BCUT2D eigenvalue weighted by Crippen LogP contribution is -2.10. The summed E-state index contributed by atoms with van der Waals surface area (Å²) in [5.74, 6) is -0.320. The van der Waals surface area contributed by atoms with Crippen LogP contribution >= 0.6 is 0 Å². The van der Waals surface area contributed by atoms with Crippen molar-refractivity contribution in [1.82, 2.24) is 5.16 Å². The molecule has 1 aromatic heterocycles. The van der Waals surface area contributed by atoms with Crippen molar-refractivity contribution in [2.24, 2.45) is 5.73 Å². The Balaban J connectivity index is 2.19. The first-order chi connectivity index (χ1) is 10.2. The number of fused-ring (bicyclic) bond motifs is 1. The maximum absolute atomic E-state index is 13.5. The molecule has 0 aliphatic rings. The van der Waals surface area contributed by atoms with Gasteiger partial charge in [-0.25, -0.2) is 4.39 Å². The van der Waals surface area contributed by atoms with Crippen LogP contribution in [0.15, 0.2) is 59.6 Å². The zero-order valence-electron chi connectivity index (χ0n) is 11.4. The third-order valence-electron chi connectivity index (χ3n) is 3.47. The summed E-state index contributed by atoms with van der Waals surface area (Å²) in [4.78, 5) is 0. The van der Waals surface area contributed by atoms with E-state index in [-0.39, 0.29) is 11.9 Å². The van der Waals surface area contributed by atoms with Gasteiger partial charge < -0.3 is 10.3 Å². The minimum absolute atomic E-state index is 0.181. The standard InChI is InChI=1S/C17H15FN2O/c1-2-5-15(19)12-6-3-4-7-13(12)17-14-10-11(18)8-9-16(14)21-20-17/h2-4,6-10,15H,1,5,19H2. The normalized spacial score (nSPS) is 12.5. The minimum atomic E-state index is -0.320. The minimum Gasteiger partial charge on any atom is -0.356 e. The summed E-state index contributed by atoms with van der Waals surface area (Å²) in [6, 6.07) is 11.9. The van der Waals surface area contributed by atoms with Gasteiger partial charge in [0.15, 0.2) is 5.58 Å². The lowest BCUT2D eigenvalue weighted by molar-refractivity contribution is 0.459. The van der Waals surface area contributed by atoms with Crippen molar-refractivity contribution in [1.29, 1.82) is 0 Å². The number of benzene rings is 2. The Bertz CT molecular complexity index is 794. The average Bonchev–Trinajstić information content (AvgIpc) is 2.90. The summed E-state index contributed by atoms with van der Waals surface area (Å²) in [6.07, 6.45) is 2.43. The molecule has 0 fully saturated rings. The molecular weight excluding hydrogens is 267 g/mol. The largest absolute Gasteiger partial charge is 0.356 e. The van der Waals surface area contributed by atoms with Crippen LogP contribution < -0.4 is 5.73 Å². The van der Waals surface area contributed by atoms with Crippen molar-refractivity contribution in [3.05, 3.63) is 66.5 Å². The summed E-state index contributed by atoms with van der Waals surface area (Å²) >= 11 is 0. The zero-order valence-corrected chi connectivity index (χ0v) is 11.4. The van der Waals surface area contributed by atoms with E-state index in [1.807, 2.05) is 24.3 Å². The van der Waals surface area contributed by atoms with Gasteiger partial charge in [0.05, 0.1) is 5.39 Å². The van der Waals surface area contributed by atoms with Crippen molar-refractivity contribution in [3.63, 3.8) is 0 Å². The number of rotatable bonds is 4. The summed E-state index contributed by atoms with van der Waals surface area (Å²) < 4.78 is 18.8. The van der Waals surface area contributed by atoms with E-state index in [9.17, 15) is 4.39 Å². The fourth-order valence-corrected chi connectivity index (χ4v) is 2.45. The van der Waals surface area contributed by atoms with Crippen LogP contribution in [0.25, 0.3) is 22.2 Å². The van der Waals surface area contributed by atoms with Gasteiger partial charge >= 0.3 is 0 Å². The third-order valence-corrected chi connectivity index (χ3v) is 3.47. The lowest BCUT2D eigenvalue weighted by atomic mass is 9.95. The average molecular weight is 282 g/mol. The highest BCUT2D eigenvalue weighted by Crippen LogP contribution is 2.33. The van der Waals surface area contributed by atoms with Crippen LogP contribution in [-0.4, -0.2) is 5.16 Å². The molecule has 0 radical (unpaired) electrons. The molecule has 0 aliphatic carbocycles. The Morgan fingerprint density at radius 3 is 2.90 bits per heavy atom. The molecule has 1 heterocycles. The van der Waals surface area contributed by atoms with Gasteiger partial charge in [0.1, 0.15) is 11.5 Å². The molecule has 2 N–H and O–H groups in total. The van der Waals surface area contributed by atoms with Gasteiger partial charge in [-0.15, -0.1) is 6.58 Å². The Kier molecular flexibility index (Phi) is 3.54. The molecule has 3 aromatic rings. The molecular formula is C17H15FN2O. The second kappa shape index (κ2) is 5.50. The zero-order chi connectivity index (χ0) is 14.8. The van der Waals surface area contributed by atoms with E-state index in [1.54, 1.807) is 12.1 Å². The van der Waals surface area contributed by atoms with Gasteiger partial charge in [0.2, 0.25) is 0 Å². The topological polar surface area (TPSA) is 52.0 Å². The van der Waals surface area contributed by atoms with Crippen LogP contribution in [0, 0.1) is 5.82 Å². The Morgan fingerprint density at radius 2 is 2.10 bits per heavy atom. The van der Waals surface area contributed by atoms with E-state index in [4.69, 9.17) is 10.3 Å². The number of hydrogen-bond donors (Lipinski definition) is 1. The second-order valence-electron chi connectivity index (χ2n) is 4.89. The molecule has 106 valence electrons. The van der Waals surface area contributed by atoms with Crippen LogP contribution in [0.4, 0.5) is 4.39 Å². The highest BCUT2D eigenvalue weighted by molar-refractivity contribution is 5.92. The van der Waals surface area contributed by atoms with Gasteiger partial charge in [0.25, 0.3) is 0 Å². The Hall–Kier alpha value is -2.46. The molecule has 0 spiro atoms. The molecule has 0 amide bonds. The SMILES string of the molecule is C=CCC(N)c1ccccc1-c1noc2ccc(F)cc12. The molecule has 1 unspecified atom stereocenters. The van der Waals surface area contributed by atoms with E-state index in [0.717, 1.165) is 11.1 Å². The van der Waals surface area contributed by atoms with Gasteiger partial charge in [-0.2, -0.15) is 0 Å². The summed E-state index contributed by atoms with van der Waals surface area (Å²) in [5, 5.41) is 4.73. The molecule has 0 saturated heterocycles. The molecule has 1 atom stereocenters. The maximum Gasteiger partial charge on any atom is 0.167 e. The van der Waals surface area contributed by atoms with Crippen LogP contribution in [0.1, 0.15) is 18.0 Å². The van der Waals surface area contributed by atoms with E-state index in [2.05, 4.69) is 11.7 Å². The number of hydrogen-bond acceptors (Lipinski definition) is 3. The first-order valence-electron chi connectivity index (χ1n) is 6.71. The third kappa shape index (κ3) is 2.45. The number of aromatic nitrogens is 1. The highest BCUT2D eigenvalue weighted by Gasteiger charge is 2.17. The molecule has 21 heavy (non-hydrogen) atoms. The van der Waals surface area contributed by atoms with Crippen LogP contribution in [0.5, 0.6) is 0 Å². The number of nitrogens with two attached hydrogens (primary N) is 1. The Morgan fingerprint density at radius 1 is 1.29 bits per heavy atom. The molecule has 3 rings (SSSR count). The van der Waals surface area contributed by atoms with E-state index >= 15 is 0 Å².